The Bertz CT molecular complexity index is 1210. The summed E-state index contributed by atoms with van der Waals surface area (Å²) in [7, 11) is 0. The van der Waals surface area contributed by atoms with E-state index >= 15 is 0 Å². The van der Waals surface area contributed by atoms with Gasteiger partial charge in [-0.2, -0.15) is 0 Å². The summed E-state index contributed by atoms with van der Waals surface area (Å²) in [6, 6.07) is 17.0. The van der Waals surface area contributed by atoms with Crippen molar-refractivity contribution in [3.8, 4) is 0 Å². The lowest BCUT2D eigenvalue weighted by atomic mass is 10.1. The molecule has 0 atom stereocenters. The summed E-state index contributed by atoms with van der Waals surface area (Å²) in [5.41, 5.74) is 8.74. The third-order valence-electron chi connectivity index (χ3n) is 5.29. The van der Waals surface area contributed by atoms with E-state index in [0.717, 1.165) is 22.2 Å². The molecule has 3 aromatic rings. The highest BCUT2D eigenvalue weighted by atomic mass is 35.5. The SMILES string of the molecule is Cl.NC(=Nc1ccccc1)N1CCN(C=C2N=C(c3cccc4occc34)OC2=O)CC1. The van der Waals surface area contributed by atoms with Crippen molar-refractivity contribution in [2.45, 2.75) is 0 Å². The number of carbonyl (C=O) groups is 1. The van der Waals surface area contributed by atoms with Crippen LogP contribution < -0.4 is 5.73 Å². The quantitative estimate of drug-likeness (QED) is 0.284. The maximum atomic E-state index is 12.4. The number of nitrogens with zero attached hydrogens (tertiary/aromatic N) is 4. The lowest BCUT2D eigenvalue weighted by Gasteiger charge is -2.34. The smallest absolute Gasteiger partial charge is 0.365 e. The van der Waals surface area contributed by atoms with Crippen LogP contribution in [0.1, 0.15) is 5.56 Å². The van der Waals surface area contributed by atoms with Crippen LogP contribution in [0.15, 0.2) is 87.2 Å². The molecule has 0 spiro atoms. The van der Waals surface area contributed by atoms with Gasteiger partial charge in [-0.25, -0.2) is 14.8 Å². The molecule has 0 saturated carbocycles. The normalized spacial score (nSPS) is 18.0. The van der Waals surface area contributed by atoms with Gasteiger partial charge in [0.1, 0.15) is 5.58 Å². The minimum Gasteiger partial charge on any atom is -0.464 e. The molecular formula is C23H22ClN5O3. The Morgan fingerprint density at radius 3 is 2.59 bits per heavy atom. The molecule has 0 radical (unpaired) electrons. The number of rotatable bonds is 3. The molecule has 8 nitrogen and oxygen atoms in total. The largest absolute Gasteiger partial charge is 0.464 e. The van der Waals surface area contributed by atoms with Gasteiger partial charge in [-0.3, -0.25) is 0 Å². The van der Waals surface area contributed by atoms with Gasteiger partial charge in [-0.15, -0.1) is 12.4 Å². The van der Waals surface area contributed by atoms with Crippen LogP contribution in [0.3, 0.4) is 0 Å². The highest BCUT2D eigenvalue weighted by molar-refractivity contribution is 6.15. The number of hydrogen-bond donors (Lipinski definition) is 1. The molecule has 2 aliphatic heterocycles. The van der Waals surface area contributed by atoms with Gasteiger partial charge < -0.3 is 24.7 Å². The summed E-state index contributed by atoms with van der Waals surface area (Å²) >= 11 is 0. The molecule has 5 rings (SSSR count). The number of guanidine groups is 1. The zero-order valence-corrected chi connectivity index (χ0v) is 18.0. The molecule has 0 unspecified atom stereocenters. The standard InChI is InChI=1S/C23H21N5O3.ClH/c24-23(25-16-5-2-1-3-6-16)28-12-10-27(11-13-28)15-19-22(29)31-21(26-19)18-7-4-8-20-17(18)9-14-30-20;/h1-9,14-15H,10-13H2,(H2,24,25);1H. The van der Waals surface area contributed by atoms with Crippen LogP contribution in [0.25, 0.3) is 11.0 Å². The molecule has 164 valence electrons. The van der Waals surface area contributed by atoms with Crippen molar-refractivity contribution in [1.82, 2.24) is 9.80 Å². The lowest BCUT2D eigenvalue weighted by Crippen LogP contribution is -2.49. The van der Waals surface area contributed by atoms with Gasteiger partial charge in [0.05, 0.1) is 12.0 Å². The fourth-order valence-corrected chi connectivity index (χ4v) is 3.65. The van der Waals surface area contributed by atoms with E-state index in [2.05, 4.69) is 9.98 Å². The van der Waals surface area contributed by atoms with Crippen molar-refractivity contribution >= 4 is 46.9 Å². The fourth-order valence-electron chi connectivity index (χ4n) is 3.65. The molecule has 0 aliphatic carbocycles. The van der Waals surface area contributed by atoms with Gasteiger partial charge in [0.25, 0.3) is 0 Å². The van der Waals surface area contributed by atoms with Crippen LogP contribution in [0, 0.1) is 0 Å². The fraction of sp³-hybridized carbons (Fsp3) is 0.174. The summed E-state index contributed by atoms with van der Waals surface area (Å²) in [6.45, 7) is 2.80. The molecule has 2 N–H and O–H groups in total. The van der Waals surface area contributed by atoms with Crippen molar-refractivity contribution in [3.05, 3.63) is 78.3 Å². The predicted octanol–water partition coefficient (Wildman–Crippen LogP) is 3.26. The second-order valence-corrected chi connectivity index (χ2v) is 7.29. The molecule has 0 amide bonds. The lowest BCUT2D eigenvalue weighted by molar-refractivity contribution is -0.130. The van der Waals surface area contributed by atoms with Crippen molar-refractivity contribution < 1.29 is 13.9 Å². The van der Waals surface area contributed by atoms with E-state index in [1.54, 1.807) is 12.5 Å². The minimum atomic E-state index is -0.455. The maximum absolute atomic E-state index is 12.4. The second-order valence-electron chi connectivity index (χ2n) is 7.29. The van der Waals surface area contributed by atoms with Crippen LogP contribution in [-0.4, -0.2) is 53.8 Å². The van der Waals surface area contributed by atoms with Gasteiger partial charge in [-0.05, 0) is 30.3 Å². The van der Waals surface area contributed by atoms with Gasteiger partial charge in [-0.1, -0.05) is 24.3 Å². The number of para-hydroxylation sites is 1. The summed E-state index contributed by atoms with van der Waals surface area (Å²) in [5, 5.41) is 0.858. The van der Waals surface area contributed by atoms with Gasteiger partial charge >= 0.3 is 5.97 Å². The number of nitrogens with two attached hydrogens (primary N) is 1. The molecule has 2 aromatic carbocycles. The highest BCUT2D eigenvalue weighted by Crippen LogP contribution is 2.25. The first kappa shape index (κ1) is 21.5. The summed E-state index contributed by atoms with van der Waals surface area (Å²) in [5.74, 6) is 0.330. The number of furan rings is 1. The molecular weight excluding hydrogens is 430 g/mol. The second kappa shape index (κ2) is 9.15. The van der Waals surface area contributed by atoms with Crippen LogP contribution in [0.4, 0.5) is 5.69 Å². The minimum absolute atomic E-state index is 0. The Kier molecular flexibility index (Phi) is 6.13. The number of halogens is 1. The first-order chi connectivity index (χ1) is 15.2. The van der Waals surface area contributed by atoms with E-state index < -0.39 is 5.97 Å². The van der Waals surface area contributed by atoms with E-state index in [-0.39, 0.29) is 18.1 Å². The Morgan fingerprint density at radius 2 is 1.81 bits per heavy atom. The molecule has 0 bridgehead atoms. The van der Waals surface area contributed by atoms with Crippen LogP contribution in [0.5, 0.6) is 0 Å². The molecule has 1 aromatic heterocycles. The topological polar surface area (TPSA) is 96.7 Å². The van der Waals surface area contributed by atoms with Crippen LogP contribution in [0.2, 0.25) is 0 Å². The molecule has 1 saturated heterocycles. The van der Waals surface area contributed by atoms with E-state index in [0.29, 0.717) is 38.0 Å². The first-order valence-electron chi connectivity index (χ1n) is 10.0. The summed E-state index contributed by atoms with van der Waals surface area (Å²) < 4.78 is 10.8. The number of benzene rings is 2. The number of fused-ring (bicyclic) bond motifs is 1. The average molecular weight is 452 g/mol. The number of cyclic esters (lactones) is 1. The van der Waals surface area contributed by atoms with Gasteiger partial charge in [0.15, 0.2) is 11.7 Å². The number of piperazine rings is 1. The molecule has 3 heterocycles. The number of ether oxygens (including phenoxy) is 1. The maximum Gasteiger partial charge on any atom is 0.365 e. The highest BCUT2D eigenvalue weighted by Gasteiger charge is 2.27. The number of carbonyl (C=O) groups excluding carboxylic acids is 1. The summed E-state index contributed by atoms with van der Waals surface area (Å²) in [4.78, 5) is 25.4. The van der Waals surface area contributed by atoms with Gasteiger partial charge in [0.2, 0.25) is 5.90 Å². The molecule has 9 heteroatoms. The average Bonchev–Trinajstić information content (AvgIpc) is 3.41. The number of esters is 1. The Morgan fingerprint density at radius 1 is 1.03 bits per heavy atom. The third-order valence-corrected chi connectivity index (χ3v) is 5.29. The summed E-state index contributed by atoms with van der Waals surface area (Å²) in [6.07, 6.45) is 3.36. The van der Waals surface area contributed by atoms with Gasteiger partial charge in [0, 0.05) is 43.3 Å². The van der Waals surface area contributed by atoms with Crippen molar-refractivity contribution in [3.63, 3.8) is 0 Å². The molecule has 32 heavy (non-hydrogen) atoms. The Hall–Kier alpha value is -3.78. The monoisotopic (exact) mass is 451 g/mol. The van der Waals surface area contributed by atoms with Crippen molar-refractivity contribution in [2.75, 3.05) is 26.2 Å². The predicted molar refractivity (Wildman–Crippen MR) is 125 cm³/mol. The molecule has 2 aliphatic rings. The van der Waals surface area contributed by atoms with Crippen molar-refractivity contribution in [2.24, 2.45) is 15.7 Å². The Balaban J connectivity index is 0.00000245. The van der Waals surface area contributed by atoms with E-state index in [1.165, 1.54) is 0 Å². The zero-order chi connectivity index (χ0) is 21.2. The Labute approximate surface area is 191 Å². The zero-order valence-electron chi connectivity index (χ0n) is 17.2. The van der Waals surface area contributed by atoms with E-state index in [1.807, 2.05) is 64.4 Å². The van der Waals surface area contributed by atoms with E-state index in [4.69, 9.17) is 14.9 Å². The first-order valence-corrected chi connectivity index (χ1v) is 10.0. The third kappa shape index (κ3) is 4.31. The number of hydrogen-bond acceptors (Lipinski definition) is 6. The van der Waals surface area contributed by atoms with Crippen molar-refractivity contribution in [1.29, 1.82) is 0 Å². The van der Waals surface area contributed by atoms with E-state index in [9.17, 15) is 4.79 Å². The van der Waals surface area contributed by atoms with Crippen LogP contribution >= 0.6 is 12.4 Å². The van der Waals surface area contributed by atoms with Crippen LogP contribution in [-0.2, 0) is 9.53 Å². The number of aliphatic imine (C=N–C) groups is 2. The molecule has 1 fully saturated rings.